The van der Waals surface area contributed by atoms with Crippen LogP contribution >= 0.6 is 11.6 Å². The van der Waals surface area contributed by atoms with E-state index in [0.717, 1.165) is 18.2 Å². The molecule has 0 saturated carbocycles. The Kier molecular flexibility index (Phi) is 1.50. The van der Waals surface area contributed by atoms with Gasteiger partial charge in [0.2, 0.25) is 0 Å². The minimum atomic E-state index is 0.826. The standard InChI is InChI=1S/C8H10ClN2/c1-7-6-8(9)11-5-3-2-4-10(7)11/h2-3,6H,4-5H2,1H3/q+1. The normalized spacial score (nSPS) is 15.1. The molecule has 1 aromatic rings. The molecule has 0 fully saturated rings. The minimum Gasteiger partial charge on any atom is -0.153 e. The summed E-state index contributed by atoms with van der Waals surface area (Å²) in [6, 6.07) is 1.99. The molecule has 3 heteroatoms. The summed E-state index contributed by atoms with van der Waals surface area (Å²) in [7, 11) is 0. The van der Waals surface area contributed by atoms with Crippen LogP contribution in [0, 0.1) is 6.92 Å². The van der Waals surface area contributed by atoms with Crippen molar-refractivity contribution >= 4 is 11.6 Å². The lowest BCUT2D eigenvalue weighted by molar-refractivity contribution is -0.766. The Morgan fingerprint density at radius 1 is 1.55 bits per heavy atom. The molecule has 0 unspecified atom stereocenters. The second-order valence-electron chi connectivity index (χ2n) is 2.74. The molecule has 1 aliphatic rings. The van der Waals surface area contributed by atoms with Crippen LogP contribution < -0.4 is 4.68 Å². The number of nitrogens with zero attached hydrogens (tertiary/aromatic N) is 2. The van der Waals surface area contributed by atoms with Gasteiger partial charge in [-0.25, -0.2) is 0 Å². The third-order valence-electron chi connectivity index (χ3n) is 2.00. The van der Waals surface area contributed by atoms with E-state index in [1.165, 1.54) is 5.69 Å². The number of halogens is 1. The molecule has 0 spiro atoms. The molecule has 0 aromatic carbocycles. The first-order chi connectivity index (χ1) is 5.29. The summed E-state index contributed by atoms with van der Waals surface area (Å²) >= 11 is 5.97. The van der Waals surface area contributed by atoms with Gasteiger partial charge in [-0.3, -0.25) is 0 Å². The highest BCUT2D eigenvalue weighted by atomic mass is 35.5. The predicted molar refractivity (Wildman–Crippen MR) is 43.5 cm³/mol. The zero-order valence-electron chi connectivity index (χ0n) is 6.42. The molecule has 0 aliphatic carbocycles. The fourth-order valence-electron chi connectivity index (χ4n) is 1.40. The molecular formula is C8H10ClN2+. The monoisotopic (exact) mass is 169 g/mol. The summed E-state index contributed by atoms with van der Waals surface area (Å²) in [4.78, 5) is 0. The highest BCUT2D eigenvalue weighted by molar-refractivity contribution is 6.28. The quantitative estimate of drug-likeness (QED) is 0.409. The van der Waals surface area contributed by atoms with Crippen molar-refractivity contribution in [2.45, 2.75) is 20.0 Å². The van der Waals surface area contributed by atoms with Crippen molar-refractivity contribution in [3.63, 3.8) is 0 Å². The minimum absolute atomic E-state index is 0.826. The van der Waals surface area contributed by atoms with Crippen LogP contribution in [-0.2, 0) is 13.1 Å². The fraction of sp³-hybridized carbons (Fsp3) is 0.375. The molecule has 58 valence electrons. The van der Waals surface area contributed by atoms with Gasteiger partial charge in [-0.15, -0.1) is 0 Å². The number of fused-ring (bicyclic) bond motifs is 1. The zero-order chi connectivity index (χ0) is 7.84. The fourth-order valence-corrected chi connectivity index (χ4v) is 1.72. The number of hydrogen-bond acceptors (Lipinski definition) is 0. The molecule has 0 atom stereocenters. The highest BCUT2D eigenvalue weighted by Crippen LogP contribution is 2.08. The first-order valence-corrected chi connectivity index (χ1v) is 4.07. The second-order valence-corrected chi connectivity index (χ2v) is 3.13. The molecule has 11 heavy (non-hydrogen) atoms. The topological polar surface area (TPSA) is 8.81 Å². The van der Waals surface area contributed by atoms with E-state index in [1.54, 1.807) is 0 Å². The van der Waals surface area contributed by atoms with Crippen LogP contribution in [-0.4, -0.2) is 4.68 Å². The summed E-state index contributed by atoms with van der Waals surface area (Å²) in [6.07, 6.45) is 4.29. The summed E-state index contributed by atoms with van der Waals surface area (Å²) in [6.45, 7) is 3.91. The van der Waals surface area contributed by atoms with Gasteiger partial charge in [0.1, 0.15) is 0 Å². The average Bonchev–Trinajstić information content (AvgIpc) is 2.30. The summed E-state index contributed by atoms with van der Waals surface area (Å²) in [5, 5.41) is 0.826. The van der Waals surface area contributed by atoms with E-state index in [-0.39, 0.29) is 0 Å². The third kappa shape index (κ3) is 0.979. The van der Waals surface area contributed by atoms with Gasteiger partial charge in [0.15, 0.2) is 6.54 Å². The Morgan fingerprint density at radius 2 is 2.36 bits per heavy atom. The van der Waals surface area contributed by atoms with Gasteiger partial charge in [-0.05, 0) is 24.6 Å². The van der Waals surface area contributed by atoms with E-state index in [9.17, 15) is 0 Å². The zero-order valence-corrected chi connectivity index (χ0v) is 7.17. The van der Waals surface area contributed by atoms with Crippen molar-refractivity contribution in [2.75, 3.05) is 0 Å². The summed E-state index contributed by atoms with van der Waals surface area (Å²) in [5.41, 5.74) is 1.22. The van der Waals surface area contributed by atoms with Gasteiger partial charge in [-0.1, -0.05) is 10.8 Å². The Morgan fingerprint density at radius 3 is 3.09 bits per heavy atom. The number of hydrogen-bond donors (Lipinski definition) is 0. The molecule has 0 amide bonds. The molecule has 1 aliphatic heterocycles. The van der Waals surface area contributed by atoms with Crippen molar-refractivity contribution in [3.8, 4) is 0 Å². The molecule has 1 aromatic heterocycles. The molecule has 0 N–H and O–H groups in total. The van der Waals surface area contributed by atoms with E-state index in [0.29, 0.717) is 0 Å². The molecular weight excluding hydrogens is 160 g/mol. The Bertz CT molecular complexity index is 284. The van der Waals surface area contributed by atoms with Gasteiger partial charge in [0.05, 0.1) is 12.2 Å². The maximum Gasteiger partial charge on any atom is 0.300 e. The Labute approximate surface area is 70.7 Å². The number of allylic oxidation sites excluding steroid dienone is 2. The molecule has 0 bridgehead atoms. The average molecular weight is 170 g/mol. The van der Waals surface area contributed by atoms with Crippen molar-refractivity contribution in [3.05, 3.63) is 29.1 Å². The molecule has 2 rings (SSSR count). The predicted octanol–water partition coefficient (Wildman–Crippen LogP) is 1.31. The second kappa shape index (κ2) is 2.38. The van der Waals surface area contributed by atoms with Gasteiger partial charge >= 0.3 is 5.15 Å². The van der Waals surface area contributed by atoms with Crippen LogP contribution in [0.3, 0.4) is 0 Å². The number of aromatic nitrogens is 2. The van der Waals surface area contributed by atoms with Crippen molar-refractivity contribution in [2.24, 2.45) is 0 Å². The van der Waals surface area contributed by atoms with Crippen LogP contribution in [0.15, 0.2) is 18.2 Å². The first kappa shape index (κ1) is 6.92. The highest BCUT2D eigenvalue weighted by Gasteiger charge is 2.18. The number of aryl methyl sites for hydroxylation is 1. The Hall–Kier alpha value is -0.760. The van der Waals surface area contributed by atoms with Gasteiger partial charge < -0.3 is 0 Å². The van der Waals surface area contributed by atoms with Gasteiger partial charge in [-0.2, -0.15) is 4.68 Å². The summed E-state index contributed by atoms with van der Waals surface area (Å²) < 4.78 is 4.24. The largest absolute Gasteiger partial charge is 0.300 e. The lowest BCUT2D eigenvalue weighted by Crippen LogP contribution is -2.45. The SMILES string of the molecule is Cc1cc(Cl)[n+]2n1CC=CC2. The molecule has 0 radical (unpaired) electrons. The van der Waals surface area contributed by atoms with E-state index in [1.807, 2.05) is 6.07 Å². The van der Waals surface area contributed by atoms with Crippen molar-refractivity contribution in [1.29, 1.82) is 0 Å². The first-order valence-electron chi connectivity index (χ1n) is 3.70. The maximum absolute atomic E-state index is 5.97. The van der Waals surface area contributed by atoms with Crippen LogP contribution in [0.1, 0.15) is 5.69 Å². The van der Waals surface area contributed by atoms with Gasteiger partial charge in [0.25, 0.3) is 0 Å². The lowest BCUT2D eigenvalue weighted by atomic mass is 10.4. The van der Waals surface area contributed by atoms with Crippen LogP contribution in [0.25, 0.3) is 0 Å². The molecule has 0 saturated heterocycles. The maximum atomic E-state index is 5.97. The van der Waals surface area contributed by atoms with E-state index in [4.69, 9.17) is 11.6 Å². The van der Waals surface area contributed by atoms with Crippen molar-refractivity contribution in [1.82, 2.24) is 4.68 Å². The summed E-state index contributed by atoms with van der Waals surface area (Å²) in [5.74, 6) is 0. The molecule has 2 nitrogen and oxygen atoms in total. The van der Waals surface area contributed by atoms with E-state index < -0.39 is 0 Å². The van der Waals surface area contributed by atoms with Crippen LogP contribution in [0.5, 0.6) is 0 Å². The Balaban J connectivity index is 2.57. The third-order valence-corrected chi connectivity index (χ3v) is 2.30. The lowest BCUT2D eigenvalue weighted by Gasteiger charge is -2.04. The van der Waals surface area contributed by atoms with E-state index in [2.05, 4.69) is 28.4 Å². The smallest absolute Gasteiger partial charge is 0.153 e. The van der Waals surface area contributed by atoms with Crippen LogP contribution in [0.2, 0.25) is 5.15 Å². The van der Waals surface area contributed by atoms with E-state index >= 15 is 0 Å². The molecule has 2 heterocycles. The number of rotatable bonds is 0. The van der Waals surface area contributed by atoms with Gasteiger partial charge in [0, 0.05) is 6.07 Å². The van der Waals surface area contributed by atoms with Crippen LogP contribution in [0.4, 0.5) is 0 Å². The van der Waals surface area contributed by atoms with Crippen molar-refractivity contribution < 1.29 is 4.68 Å².